The van der Waals surface area contributed by atoms with E-state index in [1.54, 1.807) is 25.3 Å². The average Bonchev–Trinajstić information content (AvgIpc) is 2.48. The maximum absolute atomic E-state index is 12.3. The van der Waals surface area contributed by atoms with Crippen LogP contribution in [0.2, 0.25) is 0 Å². The monoisotopic (exact) mass is 301 g/mol. The summed E-state index contributed by atoms with van der Waals surface area (Å²) in [6.07, 6.45) is 0. The van der Waals surface area contributed by atoms with Crippen molar-refractivity contribution in [3.8, 4) is 11.5 Å². The van der Waals surface area contributed by atoms with Crippen LogP contribution >= 0.6 is 0 Å². The van der Waals surface area contributed by atoms with E-state index in [-0.39, 0.29) is 0 Å². The van der Waals surface area contributed by atoms with Crippen molar-refractivity contribution < 1.29 is 17.9 Å². The Morgan fingerprint density at radius 1 is 1.20 bits per heavy atom. The molecule has 112 valence electrons. The van der Waals surface area contributed by atoms with E-state index in [1.165, 1.54) is 11.4 Å². The molecule has 0 saturated carbocycles. The van der Waals surface area contributed by atoms with Gasteiger partial charge in [0.15, 0.2) is 0 Å². The van der Waals surface area contributed by atoms with E-state index in [0.717, 1.165) is 0 Å². The Morgan fingerprint density at radius 2 is 1.90 bits per heavy atom. The lowest BCUT2D eigenvalue weighted by Gasteiger charge is -2.27. The molecule has 0 unspecified atom stereocenters. The molecule has 0 aliphatic carbocycles. The average molecular weight is 301 g/mol. The summed E-state index contributed by atoms with van der Waals surface area (Å²) in [5.74, 6) is 1.02. The Kier molecular flexibility index (Phi) is 4.69. The van der Waals surface area contributed by atoms with Crippen LogP contribution in [-0.2, 0) is 10.2 Å². The fraction of sp³-hybridized carbons (Fsp3) is 0.500. The van der Waals surface area contributed by atoms with Gasteiger partial charge in [-0.3, -0.25) is 4.72 Å². The van der Waals surface area contributed by atoms with Crippen molar-refractivity contribution in [1.82, 2.24) is 9.62 Å². The normalized spacial score (nSPS) is 16.7. The molecule has 1 aliphatic heterocycles. The summed E-state index contributed by atoms with van der Waals surface area (Å²) in [5, 5.41) is 3.11. The van der Waals surface area contributed by atoms with Gasteiger partial charge >= 0.3 is 10.2 Å². The third-order valence-corrected chi connectivity index (χ3v) is 4.59. The van der Waals surface area contributed by atoms with Crippen molar-refractivity contribution in [2.75, 3.05) is 45.1 Å². The first kappa shape index (κ1) is 14.9. The van der Waals surface area contributed by atoms with Gasteiger partial charge in [-0.1, -0.05) is 0 Å². The highest BCUT2D eigenvalue weighted by Gasteiger charge is 2.24. The maximum atomic E-state index is 12.3. The lowest BCUT2D eigenvalue weighted by atomic mass is 10.3. The molecule has 20 heavy (non-hydrogen) atoms. The minimum Gasteiger partial charge on any atom is -0.497 e. The number of ether oxygens (including phenoxy) is 2. The first-order valence-electron chi connectivity index (χ1n) is 6.27. The highest BCUT2D eigenvalue weighted by atomic mass is 32.2. The van der Waals surface area contributed by atoms with Gasteiger partial charge in [-0.05, 0) is 12.1 Å². The van der Waals surface area contributed by atoms with Crippen molar-refractivity contribution in [2.45, 2.75) is 0 Å². The number of rotatable bonds is 5. The van der Waals surface area contributed by atoms with Crippen LogP contribution in [0.5, 0.6) is 11.5 Å². The molecular formula is C12H19N3O4S. The first-order chi connectivity index (χ1) is 9.56. The largest absolute Gasteiger partial charge is 0.497 e. The molecule has 1 heterocycles. The highest BCUT2D eigenvalue weighted by molar-refractivity contribution is 7.90. The molecule has 0 bridgehead atoms. The van der Waals surface area contributed by atoms with Gasteiger partial charge in [-0.25, -0.2) is 0 Å². The number of nitrogens with one attached hydrogen (secondary N) is 2. The molecule has 0 aromatic heterocycles. The molecule has 1 aromatic carbocycles. The Labute approximate surface area is 119 Å². The molecule has 1 saturated heterocycles. The van der Waals surface area contributed by atoms with E-state index in [1.807, 2.05) is 0 Å². The fourth-order valence-electron chi connectivity index (χ4n) is 1.97. The summed E-state index contributed by atoms with van der Waals surface area (Å²) in [6, 6.07) is 4.94. The predicted octanol–water partition coefficient (Wildman–Crippen LogP) is 0.266. The number of anilines is 1. The number of hydrogen-bond donors (Lipinski definition) is 2. The minimum absolute atomic E-state index is 0.395. The minimum atomic E-state index is -3.57. The molecule has 0 amide bonds. The summed E-state index contributed by atoms with van der Waals surface area (Å²) in [5.41, 5.74) is 0.395. The lowest BCUT2D eigenvalue weighted by molar-refractivity contribution is 0.362. The number of piperazine rings is 1. The van der Waals surface area contributed by atoms with E-state index >= 15 is 0 Å². The number of methoxy groups -OCH3 is 2. The van der Waals surface area contributed by atoms with Gasteiger partial charge in [-0.15, -0.1) is 0 Å². The summed E-state index contributed by atoms with van der Waals surface area (Å²) >= 11 is 0. The lowest BCUT2D eigenvalue weighted by Crippen LogP contribution is -2.48. The zero-order chi connectivity index (χ0) is 14.6. The molecule has 0 radical (unpaired) electrons. The summed E-state index contributed by atoms with van der Waals surface area (Å²) in [4.78, 5) is 0. The molecular weight excluding hydrogens is 282 g/mol. The van der Waals surface area contributed by atoms with Crippen LogP contribution in [0.25, 0.3) is 0 Å². The summed E-state index contributed by atoms with van der Waals surface area (Å²) in [7, 11) is -0.541. The van der Waals surface area contributed by atoms with Crippen LogP contribution in [0.1, 0.15) is 0 Å². The number of nitrogens with zero attached hydrogens (tertiary/aromatic N) is 1. The summed E-state index contributed by atoms with van der Waals surface area (Å²) < 4.78 is 38.8. The molecule has 8 heteroatoms. The molecule has 7 nitrogen and oxygen atoms in total. The molecule has 0 spiro atoms. The van der Waals surface area contributed by atoms with Crippen LogP contribution in [0.3, 0.4) is 0 Å². The fourth-order valence-corrected chi connectivity index (χ4v) is 3.21. The van der Waals surface area contributed by atoms with E-state index in [2.05, 4.69) is 10.0 Å². The first-order valence-corrected chi connectivity index (χ1v) is 7.71. The molecule has 1 aromatic rings. The van der Waals surface area contributed by atoms with Crippen LogP contribution < -0.4 is 19.5 Å². The Balaban J connectivity index is 2.19. The van der Waals surface area contributed by atoms with Gasteiger partial charge in [0.2, 0.25) is 0 Å². The standard InChI is InChI=1S/C12H19N3O4S/c1-18-10-3-4-11(12(9-10)19-2)14-20(16,17)15-7-5-13-6-8-15/h3-4,9,13-14H,5-8H2,1-2H3. The zero-order valence-electron chi connectivity index (χ0n) is 11.5. The van der Waals surface area contributed by atoms with E-state index in [0.29, 0.717) is 43.4 Å². The molecule has 1 aliphatic rings. The number of benzene rings is 1. The van der Waals surface area contributed by atoms with Gasteiger partial charge in [0.05, 0.1) is 19.9 Å². The van der Waals surface area contributed by atoms with Crippen LogP contribution in [-0.4, -0.2) is 53.1 Å². The van der Waals surface area contributed by atoms with Crippen molar-refractivity contribution in [3.63, 3.8) is 0 Å². The van der Waals surface area contributed by atoms with Gasteiger partial charge in [0, 0.05) is 32.2 Å². The van der Waals surface area contributed by atoms with Crippen molar-refractivity contribution in [3.05, 3.63) is 18.2 Å². The second kappa shape index (κ2) is 6.29. The smallest absolute Gasteiger partial charge is 0.301 e. The molecule has 1 fully saturated rings. The van der Waals surface area contributed by atoms with Crippen molar-refractivity contribution >= 4 is 15.9 Å². The Morgan fingerprint density at radius 3 is 2.50 bits per heavy atom. The SMILES string of the molecule is COc1ccc(NS(=O)(=O)N2CCNCC2)c(OC)c1. The van der Waals surface area contributed by atoms with Gasteiger partial charge < -0.3 is 14.8 Å². The number of hydrogen-bond acceptors (Lipinski definition) is 5. The van der Waals surface area contributed by atoms with Gasteiger partial charge in [0.25, 0.3) is 0 Å². The van der Waals surface area contributed by atoms with Crippen LogP contribution in [0, 0.1) is 0 Å². The maximum Gasteiger partial charge on any atom is 0.301 e. The van der Waals surface area contributed by atoms with Gasteiger partial charge in [-0.2, -0.15) is 12.7 Å². The van der Waals surface area contributed by atoms with Crippen LogP contribution in [0.4, 0.5) is 5.69 Å². The quantitative estimate of drug-likeness (QED) is 0.816. The van der Waals surface area contributed by atoms with Crippen molar-refractivity contribution in [2.24, 2.45) is 0 Å². The second-order valence-electron chi connectivity index (χ2n) is 4.32. The summed E-state index contributed by atoms with van der Waals surface area (Å²) in [6.45, 7) is 2.21. The highest BCUT2D eigenvalue weighted by Crippen LogP contribution is 2.30. The van der Waals surface area contributed by atoms with Crippen molar-refractivity contribution in [1.29, 1.82) is 0 Å². The van der Waals surface area contributed by atoms with E-state index in [9.17, 15) is 8.42 Å². The topological polar surface area (TPSA) is 79.9 Å². The molecule has 2 N–H and O–H groups in total. The van der Waals surface area contributed by atoms with E-state index in [4.69, 9.17) is 9.47 Å². The van der Waals surface area contributed by atoms with E-state index < -0.39 is 10.2 Å². The van der Waals surface area contributed by atoms with Crippen LogP contribution in [0.15, 0.2) is 18.2 Å². The third kappa shape index (κ3) is 3.33. The van der Waals surface area contributed by atoms with Gasteiger partial charge in [0.1, 0.15) is 11.5 Å². The second-order valence-corrected chi connectivity index (χ2v) is 5.99. The Bertz CT molecular complexity index is 556. The molecule has 2 rings (SSSR count). The predicted molar refractivity (Wildman–Crippen MR) is 76.5 cm³/mol. The molecule has 0 atom stereocenters. The Hall–Kier alpha value is -1.51. The zero-order valence-corrected chi connectivity index (χ0v) is 12.4. The third-order valence-electron chi connectivity index (χ3n) is 3.06.